The molecule has 37 heavy (non-hydrogen) atoms. The molecule has 3 N–H and O–H groups in total. The van der Waals surface area contributed by atoms with Crippen LogP contribution in [0.3, 0.4) is 0 Å². The first-order chi connectivity index (χ1) is 18.0. The minimum atomic E-state index is -0.388. The lowest BCUT2D eigenvalue weighted by molar-refractivity contribution is -0.121. The lowest BCUT2D eigenvalue weighted by atomic mass is 10.1. The van der Waals surface area contributed by atoms with Gasteiger partial charge in [-0.2, -0.15) is 0 Å². The first-order valence-electron chi connectivity index (χ1n) is 12.7. The van der Waals surface area contributed by atoms with Crippen molar-refractivity contribution in [3.8, 4) is 0 Å². The summed E-state index contributed by atoms with van der Waals surface area (Å²) in [5.74, 6) is 0.897. The lowest BCUT2D eigenvalue weighted by Gasteiger charge is -2.36. The number of amides is 2. The molecule has 2 aromatic carbocycles. The van der Waals surface area contributed by atoms with Crippen LogP contribution in [0, 0.1) is 0 Å². The highest BCUT2D eigenvalue weighted by atomic mass is 16.6. The minimum absolute atomic E-state index is 0.0463. The smallest absolute Gasteiger partial charge is 0.414 e. The fourth-order valence-corrected chi connectivity index (χ4v) is 4.68. The van der Waals surface area contributed by atoms with Gasteiger partial charge in [0, 0.05) is 44.0 Å². The summed E-state index contributed by atoms with van der Waals surface area (Å²) < 4.78 is 5.49. The number of nitrogens with zero attached hydrogens (tertiary/aromatic N) is 4. The summed E-state index contributed by atoms with van der Waals surface area (Å²) in [4.78, 5) is 35.3. The fraction of sp³-hybridized carbons (Fsp3) is 0.321. The van der Waals surface area contributed by atoms with E-state index in [0.717, 1.165) is 48.9 Å². The lowest BCUT2D eigenvalue weighted by Crippen LogP contribution is -2.46. The molecule has 0 saturated carbocycles. The molecule has 2 amide bonds. The number of nitrogen functional groups attached to an aromatic ring is 1. The SMILES string of the molecule is Nc1ccc(N2CCN(c3ccc(N4CC(CNC(=O)CCc5ccccc5)OC4=O)cc3)CC2)nc1. The summed E-state index contributed by atoms with van der Waals surface area (Å²) in [6.45, 7) is 4.21. The maximum Gasteiger partial charge on any atom is 0.414 e. The van der Waals surface area contributed by atoms with Crippen LogP contribution in [0.1, 0.15) is 12.0 Å². The van der Waals surface area contributed by atoms with E-state index in [1.165, 1.54) is 0 Å². The average Bonchev–Trinajstić information content (AvgIpc) is 3.32. The molecule has 9 nitrogen and oxygen atoms in total. The quantitative estimate of drug-likeness (QED) is 0.490. The summed E-state index contributed by atoms with van der Waals surface area (Å²) in [5.41, 5.74) is 9.44. The van der Waals surface area contributed by atoms with Crippen molar-refractivity contribution >= 4 is 34.9 Å². The number of pyridine rings is 1. The van der Waals surface area contributed by atoms with Gasteiger partial charge in [0.2, 0.25) is 5.91 Å². The molecule has 3 heterocycles. The number of piperazine rings is 1. The van der Waals surface area contributed by atoms with E-state index in [4.69, 9.17) is 10.5 Å². The highest BCUT2D eigenvalue weighted by Gasteiger charge is 2.32. The van der Waals surface area contributed by atoms with Gasteiger partial charge in [-0.1, -0.05) is 30.3 Å². The van der Waals surface area contributed by atoms with Gasteiger partial charge in [0.15, 0.2) is 0 Å². The van der Waals surface area contributed by atoms with Crippen LogP contribution in [0.2, 0.25) is 0 Å². The van der Waals surface area contributed by atoms with E-state index in [0.29, 0.717) is 31.6 Å². The van der Waals surface area contributed by atoms with E-state index in [-0.39, 0.29) is 18.1 Å². The van der Waals surface area contributed by atoms with Gasteiger partial charge < -0.3 is 25.6 Å². The Morgan fingerprint density at radius 3 is 2.35 bits per heavy atom. The van der Waals surface area contributed by atoms with Crippen LogP contribution in [0.4, 0.5) is 27.7 Å². The van der Waals surface area contributed by atoms with E-state index in [1.54, 1.807) is 11.1 Å². The van der Waals surface area contributed by atoms with Crippen molar-refractivity contribution < 1.29 is 14.3 Å². The number of aromatic nitrogens is 1. The number of aryl methyl sites for hydroxylation is 1. The number of hydrogen-bond acceptors (Lipinski definition) is 7. The topological polar surface area (TPSA) is 104 Å². The highest BCUT2D eigenvalue weighted by molar-refractivity contribution is 5.90. The third kappa shape index (κ3) is 6.11. The molecular weight excluding hydrogens is 468 g/mol. The normalized spacial score (nSPS) is 17.6. The standard InChI is InChI=1S/C28H32N6O3/c29-22-7-12-26(30-18-22)33-16-14-32(15-17-33)23-8-10-24(11-9-23)34-20-25(37-28(34)36)19-31-27(35)13-6-21-4-2-1-3-5-21/h1-5,7-12,18,25H,6,13-17,19-20,29H2,(H,31,35). The summed E-state index contributed by atoms with van der Waals surface area (Å²) in [5, 5.41) is 2.89. The largest absolute Gasteiger partial charge is 0.442 e. The predicted molar refractivity (Wildman–Crippen MR) is 145 cm³/mol. The molecule has 3 aromatic rings. The molecule has 0 aliphatic carbocycles. The van der Waals surface area contributed by atoms with Crippen LogP contribution >= 0.6 is 0 Å². The van der Waals surface area contributed by atoms with Crippen molar-refractivity contribution in [2.75, 3.05) is 59.7 Å². The summed E-state index contributed by atoms with van der Waals surface area (Å²) in [7, 11) is 0. The van der Waals surface area contributed by atoms with Crippen molar-refractivity contribution in [2.45, 2.75) is 18.9 Å². The van der Waals surface area contributed by atoms with Gasteiger partial charge in [0.05, 0.1) is 25.0 Å². The number of nitrogens with two attached hydrogens (primary N) is 1. The zero-order chi connectivity index (χ0) is 25.6. The van der Waals surface area contributed by atoms with E-state index in [2.05, 4.69) is 20.1 Å². The van der Waals surface area contributed by atoms with Gasteiger partial charge in [-0.25, -0.2) is 9.78 Å². The third-order valence-corrected chi connectivity index (χ3v) is 6.79. The Kier molecular flexibility index (Phi) is 7.39. The first kappa shape index (κ1) is 24.4. The predicted octanol–water partition coefficient (Wildman–Crippen LogP) is 3.06. The van der Waals surface area contributed by atoms with Crippen LogP contribution in [-0.4, -0.2) is 62.4 Å². The van der Waals surface area contributed by atoms with Crippen LogP contribution in [-0.2, 0) is 16.0 Å². The Balaban J connectivity index is 1.08. The summed E-state index contributed by atoms with van der Waals surface area (Å²) in [6.07, 6.45) is 2.02. The number of nitrogens with one attached hydrogen (secondary N) is 1. The second-order valence-corrected chi connectivity index (χ2v) is 9.35. The molecule has 9 heteroatoms. The Morgan fingerprint density at radius 2 is 1.65 bits per heavy atom. The van der Waals surface area contributed by atoms with Gasteiger partial charge in [0.1, 0.15) is 11.9 Å². The van der Waals surface area contributed by atoms with E-state index >= 15 is 0 Å². The Morgan fingerprint density at radius 1 is 0.946 bits per heavy atom. The van der Waals surface area contributed by atoms with Gasteiger partial charge in [-0.05, 0) is 48.4 Å². The number of ether oxygens (including phenoxy) is 1. The zero-order valence-corrected chi connectivity index (χ0v) is 20.8. The van der Waals surface area contributed by atoms with Gasteiger partial charge in [0.25, 0.3) is 0 Å². The van der Waals surface area contributed by atoms with E-state index < -0.39 is 0 Å². The van der Waals surface area contributed by atoms with Gasteiger partial charge in [-0.15, -0.1) is 0 Å². The van der Waals surface area contributed by atoms with E-state index in [1.807, 2.05) is 66.7 Å². The number of rotatable bonds is 8. The number of cyclic esters (lactones) is 1. The molecule has 2 saturated heterocycles. The van der Waals surface area contributed by atoms with Crippen LogP contribution in [0.25, 0.3) is 0 Å². The van der Waals surface area contributed by atoms with Crippen molar-refractivity contribution in [3.63, 3.8) is 0 Å². The molecule has 5 rings (SSSR count). The zero-order valence-electron chi connectivity index (χ0n) is 20.8. The Hall–Kier alpha value is -4.27. The molecule has 2 aliphatic heterocycles. The Bertz CT molecular complexity index is 1190. The minimum Gasteiger partial charge on any atom is -0.442 e. The third-order valence-electron chi connectivity index (χ3n) is 6.79. The second kappa shape index (κ2) is 11.2. The van der Waals surface area contributed by atoms with Crippen molar-refractivity contribution in [2.24, 2.45) is 0 Å². The van der Waals surface area contributed by atoms with E-state index in [9.17, 15) is 9.59 Å². The summed E-state index contributed by atoms with van der Waals surface area (Å²) >= 11 is 0. The Labute approximate surface area is 216 Å². The molecular formula is C28H32N6O3. The second-order valence-electron chi connectivity index (χ2n) is 9.35. The molecule has 0 bridgehead atoms. The molecule has 2 aliphatic rings. The van der Waals surface area contributed by atoms with Crippen molar-refractivity contribution in [1.29, 1.82) is 0 Å². The average molecular weight is 501 g/mol. The van der Waals surface area contributed by atoms with Gasteiger partial charge >= 0.3 is 6.09 Å². The summed E-state index contributed by atoms with van der Waals surface area (Å²) in [6, 6.07) is 21.7. The molecule has 1 aromatic heterocycles. The van der Waals surface area contributed by atoms with Crippen LogP contribution in [0.5, 0.6) is 0 Å². The number of benzene rings is 2. The molecule has 0 radical (unpaired) electrons. The fourth-order valence-electron chi connectivity index (χ4n) is 4.68. The monoisotopic (exact) mass is 500 g/mol. The molecule has 1 atom stereocenters. The highest BCUT2D eigenvalue weighted by Crippen LogP contribution is 2.26. The molecule has 2 fully saturated rings. The number of carbonyl (C=O) groups is 2. The van der Waals surface area contributed by atoms with Crippen molar-refractivity contribution in [3.05, 3.63) is 78.5 Å². The molecule has 0 spiro atoms. The number of hydrogen-bond donors (Lipinski definition) is 2. The number of carbonyl (C=O) groups excluding carboxylic acids is 2. The van der Waals surface area contributed by atoms with Crippen LogP contribution < -0.4 is 25.8 Å². The maximum absolute atomic E-state index is 12.5. The number of anilines is 4. The molecule has 192 valence electrons. The first-order valence-corrected chi connectivity index (χ1v) is 12.7. The molecule has 1 unspecified atom stereocenters. The van der Waals surface area contributed by atoms with Crippen LogP contribution in [0.15, 0.2) is 72.9 Å². The maximum atomic E-state index is 12.5. The van der Waals surface area contributed by atoms with Crippen molar-refractivity contribution in [1.82, 2.24) is 10.3 Å². The van der Waals surface area contributed by atoms with Gasteiger partial charge in [-0.3, -0.25) is 9.69 Å².